The van der Waals surface area contributed by atoms with Crippen molar-refractivity contribution in [3.05, 3.63) is 23.2 Å². The van der Waals surface area contributed by atoms with E-state index in [1.807, 2.05) is 6.92 Å². The van der Waals surface area contributed by atoms with E-state index in [-0.39, 0.29) is 0 Å². The van der Waals surface area contributed by atoms with Gasteiger partial charge in [0.05, 0.1) is 23.0 Å². The van der Waals surface area contributed by atoms with Crippen LogP contribution in [-0.2, 0) is 4.74 Å². The second kappa shape index (κ2) is 5.46. The second-order valence-corrected chi connectivity index (χ2v) is 3.37. The van der Waals surface area contributed by atoms with Crippen LogP contribution in [0, 0.1) is 0 Å². The molecule has 0 aliphatic rings. The highest BCUT2D eigenvalue weighted by molar-refractivity contribution is 6.34. The number of nitrogen functional groups attached to an aromatic ring is 1. The molecule has 0 unspecified atom stereocenters. The van der Waals surface area contributed by atoms with Crippen LogP contribution in [-0.4, -0.2) is 12.7 Å². The van der Waals surface area contributed by atoms with Gasteiger partial charge >= 0.3 is 6.09 Å². The summed E-state index contributed by atoms with van der Waals surface area (Å²) in [5.74, 6) is 0. The van der Waals surface area contributed by atoms with Gasteiger partial charge in [-0.15, -0.1) is 0 Å². The molecule has 0 aliphatic carbocycles. The van der Waals surface area contributed by atoms with Crippen LogP contribution in [0.2, 0.25) is 5.02 Å². The lowest BCUT2D eigenvalue weighted by Crippen LogP contribution is -2.15. The predicted octanol–water partition coefficient (Wildman–Crippen LogP) is 2.88. The van der Waals surface area contributed by atoms with E-state index in [9.17, 15) is 4.79 Å². The Labute approximate surface area is 93.4 Å². The van der Waals surface area contributed by atoms with E-state index in [1.165, 1.54) is 0 Å². The van der Waals surface area contributed by atoms with Crippen LogP contribution in [0.3, 0.4) is 0 Å². The van der Waals surface area contributed by atoms with Gasteiger partial charge < -0.3 is 10.5 Å². The Morgan fingerprint density at radius 3 is 2.93 bits per heavy atom. The molecule has 1 aromatic rings. The molecule has 0 atom stereocenters. The third kappa shape index (κ3) is 3.32. The molecule has 3 N–H and O–H groups in total. The van der Waals surface area contributed by atoms with E-state index in [4.69, 9.17) is 22.1 Å². The van der Waals surface area contributed by atoms with Gasteiger partial charge in [0, 0.05) is 0 Å². The van der Waals surface area contributed by atoms with Crippen molar-refractivity contribution in [2.75, 3.05) is 17.7 Å². The quantitative estimate of drug-likeness (QED) is 0.782. The summed E-state index contributed by atoms with van der Waals surface area (Å²) in [6.07, 6.45) is 0.225. The minimum Gasteiger partial charge on any atom is -0.449 e. The molecule has 0 aliphatic heterocycles. The van der Waals surface area contributed by atoms with Gasteiger partial charge in [-0.3, -0.25) is 5.32 Å². The fraction of sp³-hybridized carbons (Fsp3) is 0.300. The molecule has 82 valence electrons. The molecule has 1 rings (SSSR count). The molecule has 0 saturated heterocycles. The van der Waals surface area contributed by atoms with Crippen LogP contribution < -0.4 is 11.1 Å². The zero-order valence-corrected chi connectivity index (χ0v) is 9.17. The van der Waals surface area contributed by atoms with Crippen molar-refractivity contribution < 1.29 is 9.53 Å². The molecule has 0 aromatic heterocycles. The molecule has 15 heavy (non-hydrogen) atoms. The third-order valence-corrected chi connectivity index (χ3v) is 2.03. The number of carbonyl (C=O) groups is 1. The van der Waals surface area contributed by atoms with Crippen LogP contribution in [0.1, 0.15) is 13.3 Å². The summed E-state index contributed by atoms with van der Waals surface area (Å²) in [4.78, 5) is 11.2. The number of hydrogen-bond donors (Lipinski definition) is 2. The number of para-hydroxylation sites is 1. The molecule has 0 bridgehead atoms. The van der Waals surface area contributed by atoms with Crippen molar-refractivity contribution in [3.63, 3.8) is 0 Å². The minimum absolute atomic E-state index is 0.371. The molecule has 0 spiro atoms. The maximum atomic E-state index is 11.2. The van der Waals surface area contributed by atoms with Crippen molar-refractivity contribution in [1.29, 1.82) is 0 Å². The number of nitrogens with one attached hydrogen (secondary N) is 1. The van der Waals surface area contributed by atoms with Crippen LogP contribution in [0.4, 0.5) is 16.2 Å². The first-order chi connectivity index (χ1) is 7.15. The van der Waals surface area contributed by atoms with Gasteiger partial charge in [0.15, 0.2) is 0 Å². The molecule has 1 aromatic carbocycles. The summed E-state index contributed by atoms with van der Waals surface area (Å²) < 4.78 is 4.84. The monoisotopic (exact) mass is 228 g/mol. The van der Waals surface area contributed by atoms with Gasteiger partial charge in [0.2, 0.25) is 0 Å². The summed E-state index contributed by atoms with van der Waals surface area (Å²) in [6.45, 7) is 2.29. The Morgan fingerprint density at radius 2 is 2.33 bits per heavy atom. The summed E-state index contributed by atoms with van der Waals surface area (Å²) in [6, 6.07) is 5.01. The van der Waals surface area contributed by atoms with Gasteiger partial charge in [-0.1, -0.05) is 24.6 Å². The van der Waals surface area contributed by atoms with E-state index in [1.54, 1.807) is 18.2 Å². The fourth-order valence-electron chi connectivity index (χ4n) is 1.01. The molecule has 5 heteroatoms. The molecule has 0 radical (unpaired) electrons. The average molecular weight is 229 g/mol. The summed E-state index contributed by atoms with van der Waals surface area (Å²) >= 11 is 5.86. The third-order valence-electron chi connectivity index (χ3n) is 1.71. The van der Waals surface area contributed by atoms with E-state index in [2.05, 4.69) is 5.32 Å². The first-order valence-corrected chi connectivity index (χ1v) is 5.00. The Hall–Kier alpha value is -1.42. The topological polar surface area (TPSA) is 64.3 Å². The number of amides is 1. The van der Waals surface area contributed by atoms with E-state index in [0.717, 1.165) is 6.42 Å². The highest BCUT2D eigenvalue weighted by Crippen LogP contribution is 2.27. The molecule has 0 fully saturated rings. The van der Waals surface area contributed by atoms with Crippen molar-refractivity contribution >= 4 is 29.1 Å². The Kier molecular flexibility index (Phi) is 4.24. The number of carbonyl (C=O) groups excluding carboxylic acids is 1. The first-order valence-electron chi connectivity index (χ1n) is 4.63. The zero-order chi connectivity index (χ0) is 11.3. The number of rotatable bonds is 3. The van der Waals surface area contributed by atoms with Gasteiger partial charge in [0.1, 0.15) is 0 Å². The number of hydrogen-bond acceptors (Lipinski definition) is 3. The Bertz CT molecular complexity index is 335. The number of ether oxygens (including phenoxy) is 1. The number of halogens is 1. The number of anilines is 2. The van der Waals surface area contributed by atoms with Crippen LogP contribution >= 0.6 is 11.6 Å². The summed E-state index contributed by atoms with van der Waals surface area (Å²) in [5, 5.41) is 2.89. The maximum absolute atomic E-state index is 11.2. The van der Waals surface area contributed by atoms with Crippen molar-refractivity contribution in [3.8, 4) is 0 Å². The van der Waals surface area contributed by atoms with Gasteiger partial charge in [-0.05, 0) is 18.6 Å². The molecular weight excluding hydrogens is 216 g/mol. The Balaban J connectivity index is 2.68. The van der Waals surface area contributed by atoms with Gasteiger partial charge in [-0.25, -0.2) is 4.79 Å². The fourth-order valence-corrected chi connectivity index (χ4v) is 1.23. The molecule has 0 heterocycles. The van der Waals surface area contributed by atoms with Crippen molar-refractivity contribution in [1.82, 2.24) is 0 Å². The SMILES string of the molecule is CCCOC(=O)Nc1c(N)cccc1Cl. The van der Waals surface area contributed by atoms with Gasteiger partial charge in [-0.2, -0.15) is 0 Å². The molecule has 0 saturated carbocycles. The number of nitrogens with two attached hydrogens (primary N) is 1. The molecule has 4 nitrogen and oxygen atoms in total. The maximum Gasteiger partial charge on any atom is 0.411 e. The second-order valence-electron chi connectivity index (χ2n) is 2.96. The highest BCUT2D eigenvalue weighted by atomic mass is 35.5. The first kappa shape index (κ1) is 11.7. The summed E-state index contributed by atoms with van der Waals surface area (Å²) in [7, 11) is 0. The summed E-state index contributed by atoms with van der Waals surface area (Å²) in [5.41, 5.74) is 6.45. The van der Waals surface area contributed by atoms with Crippen molar-refractivity contribution in [2.45, 2.75) is 13.3 Å². The Morgan fingerprint density at radius 1 is 1.60 bits per heavy atom. The molecule has 1 amide bonds. The van der Waals surface area contributed by atoms with Crippen LogP contribution in [0.15, 0.2) is 18.2 Å². The predicted molar refractivity (Wildman–Crippen MR) is 61.1 cm³/mol. The zero-order valence-electron chi connectivity index (χ0n) is 8.42. The average Bonchev–Trinajstić information content (AvgIpc) is 2.21. The highest BCUT2D eigenvalue weighted by Gasteiger charge is 2.08. The van der Waals surface area contributed by atoms with Crippen LogP contribution in [0.5, 0.6) is 0 Å². The van der Waals surface area contributed by atoms with Crippen molar-refractivity contribution in [2.24, 2.45) is 0 Å². The van der Waals surface area contributed by atoms with E-state index < -0.39 is 6.09 Å². The normalized spacial score (nSPS) is 9.73. The van der Waals surface area contributed by atoms with Gasteiger partial charge in [0.25, 0.3) is 0 Å². The lowest BCUT2D eigenvalue weighted by atomic mass is 10.3. The minimum atomic E-state index is -0.545. The lowest BCUT2D eigenvalue weighted by molar-refractivity contribution is 0.161. The number of benzene rings is 1. The van der Waals surface area contributed by atoms with E-state index >= 15 is 0 Å². The largest absolute Gasteiger partial charge is 0.449 e. The molecular formula is C10H13ClN2O2. The lowest BCUT2D eigenvalue weighted by Gasteiger charge is -2.09. The smallest absolute Gasteiger partial charge is 0.411 e. The van der Waals surface area contributed by atoms with Crippen LogP contribution in [0.25, 0.3) is 0 Å². The standard InChI is InChI=1S/C10H13ClN2O2/c1-2-6-15-10(14)13-9-7(11)4-3-5-8(9)12/h3-5H,2,6,12H2,1H3,(H,13,14). The van der Waals surface area contributed by atoms with E-state index in [0.29, 0.717) is 23.0 Å².